The zero-order chi connectivity index (χ0) is 13.3. The monoisotopic (exact) mass is 253 g/mol. The number of hydrogen-bond donors (Lipinski definition) is 1. The molecule has 0 aliphatic rings. The van der Waals surface area contributed by atoms with Crippen LogP contribution < -0.4 is 10.5 Å². The van der Waals surface area contributed by atoms with Crippen molar-refractivity contribution in [2.75, 3.05) is 12.8 Å². The van der Waals surface area contributed by atoms with E-state index >= 15 is 0 Å². The van der Waals surface area contributed by atoms with Gasteiger partial charge in [-0.2, -0.15) is 13.9 Å². The summed E-state index contributed by atoms with van der Waals surface area (Å²) < 4.78 is 32.5. The number of ether oxygens (including phenoxy) is 1. The Morgan fingerprint density at radius 3 is 2.33 bits per heavy atom. The summed E-state index contributed by atoms with van der Waals surface area (Å²) in [5, 5.41) is 3.81. The topological polar surface area (TPSA) is 53.1 Å². The van der Waals surface area contributed by atoms with Crippen molar-refractivity contribution in [3.8, 4) is 11.4 Å². The fourth-order valence-electron chi connectivity index (χ4n) is 1.54. The SMILES string of the molecule is COc1ccc(-n2nc(C(C)(F)F)cc2N)cc1. The van der Waals surface area contributed by atoms with Gasteiger partial charge in [0.05, 0.1) is 12.8 Å². The number of rotatable bonds is 3. The molecule has 0 spiro atoms. The number of alkyl halides is 2. The average molecular weight is 253 g/mol. The van der Waals surface area contributed by atoms with Gasteiger partial charge in [0.25, 0.3) is 5.92 Å². The third-order valence-electron chi connectivity index (χ3n) is 2.50. The highest BCUT2D eigenvalue weighted by Gasteiger charge is 2.28. The van der Waals surface area contributed by atoms with E-state index < -0.39 is 5.92 Å². The van der Waals surface area contributed by atoms with Gasteiger partial charge in [0.2, 0.25) is 0 Å². The summed E-state index contributed by atoms with van der Waals surface area (Å²) in [6.07, 6.45) is 0. The van der Waals surface area contributed by atoms with Gasteiger partial charge < -0.3 is 10.5 Å². The van der Waals surface area contributed by atoms with Crippen molar-refractivity contribution >= 4 is 5.82 Å². The molecule has 0 unspecified atom stereocenters. The standard InChI is InChI=1S/C12H13F2N3O/c1-12(13,14)10-7-11(15)17(16-10)8-3-5-9(18-2)6-4-8/h3-7H,15H2,1-2H3. The molecular formula is C12H13F2N3O. The second kappa shape index (κ2) is 4.29. The third-order valence-corrected chi connectivity index (χ3v) is 2.50. The number of anilines is 1. The third kappa shape index (κ3) is 2.27. The first-order chi connectivity index (χ1) is 8.41. The second-order valence-electron chi connectivity index (χ2n) is 3.95. The lowest BCUT2D eigenvalue weighted by Crippen LogP contribution is -2.09. The summed E-state index contributed by atoms with van der Waals surface area (Å²) in [6.45, 7) is 0.785. The minimum absolute atomic E-state index is 0.164. The predicted molar refractivity (Wildman–Crippen MR) is 64.1 cm³/mol. The normalized spacial score (nSPS) is 11.6. The molecule has 2 N–H and O–H groups in total. The number of benzene rings is 1. The maximum absolute atomic E-state index is 13.1. The molecule has 2 rings (SSSR count). The summed E-state index contributed by atoms with van der Waals surface area (Å²) in [4.78, 5) is 0. The Morgan fingerprint density at radius 2 is 1.89 bits per heavy atom. The molecule has 0 amide bonds. The number of nitrogen functional groups attached to an aromatic ring is 1. The molecule has 0 atom stereocenters. The molecule has 0 aliphatic heterocycles. The molecule has 0 fully saturated rings. The van der Waals surface area contributed by atoms with Crippen LogP contribution in [0.4, 0.5) is 14.6 Å². The van der Waals surface area contributed by atoms with E-state index in [4.69, 9.17) is 10.5 Å². The highest BCUT2D eigenvalue weighted by Crippen LogP contribution is 2.28. The van der Waals surface area contributed by atoms with E-state index in [1.165, 1.54) is 10.7 Å². The van der Waals surface area contributed by atoms with E-state index in [0.717, 1.165) is 6.92 Å². The molecule has 0 radical (unpaired) electrons. The van der Waals surface area contributed by atoms with Crippen LogP contribution in [0.5, 0.6) is 5.75 Å². The van der Waals surface area contributed by atoms with Crippen LogP contribution in [0.25, 0.3) is 5.69 Å². The largest absolute Gasteiger partial charge is 0.497 e. The molecule has 1 aromatic heterocycles. The van der Waals surface area contributed by atoms with Gasteiger partial charge in [0.15, 0.2) is 0 Å². The van der Waals surface area contributed by atoms with Crippen LogP contribution >= 0.6 is 0 Å². The first-order valence-corrected chi connectivity index (χ1v) is 5.30. The van der Waals surface area contributed by atoms with Gasteiger partial charge in [-0.3, -0.25) is 0 Å². The Labute approximate surface area is 103 Å². The minimum atomic E-state index is -3.01. The number of nitrogens with zero attached hydrogens (tertiary/aromatic N) is 2. The van der Waals surface area contributed by atoms with Crippen LogP contribution in [0.3, 0.4) is 0 Å². The van der Waals surface area contributed by atoms with Crippen LogP contribution in [-0.2, 0) is 5.92 Å². The van der Waals surface area contributed by atoms with E-state index in [9.17, 15) is 8.78 Å². The number of aromatic nitrogens is 2. The first-order valence-electron chi connectivity index (χ1n) is 5.30. The molecule has 96 valence electrons. The van der Waals surface area contributed by atoms with Crippen molar-refractivity contribution < 1.29 is 13.5 Å². The molecule has 1 aromatic carbocycles. The van der Waals surface area contributed by atoms with Gasteiger partial charge in [-0.15, -0.1) is 0 Å². The molecule has 0 bridgehead atoms. The Balaban J connectivity index is 2.41. The lowest BCUT2D eigenvalue weighted by atomic mass is 10.3. The fourth-order valence-corrected chi connectivity index (χ4v) is 1.54. The first kappa shape index (κ1) is 12.3. The van der Waals surface area contributed by atoms with Gasteiger partial charge in [0.1, 0.15) is 17.3 Å². The molecular weight excluding hydrogens is 240 g/mol. The molecule has 0 aliphatic carbocycles. The lowest BCUT2D eigenvalue weighted by Gasteiger charge is -2.06. The predicted octanol–water partition coefficient (Wildman–Crippen LogP) is 2.57. The maximum atomic E-state index is 13.1. The van der Waals surface area contributed by atoms with Crippen molar-refractivity contribution in [2.45, 2.75) is 12.8 Å². The fraction of sp³-hybridized carbons (Fsp3) is 0.250. The van der Waals surface area contributed by atoms with Crippen LogP contribution in [0.2, 0.25) is 0 Å². The van der Waals surface area contributed by atoms with Crippen LogP contribution in [-0.4, -0.2) is 16.9 Å². The molecule has 0 saturated carbocycles. The quantitative estimate of drug-likeness (QED) is 0.914. The highest BCUT2D eigenvalue weighted by atomic mass is 19.3. The Bertz CT molecular complexity index is 543. The minimum Gasteiger partial charge on any atom is -0.497 e. The van der Waals surface area contributed by atoms with Crippen molar-refractivity contribution in [3.05, 3.63) is 36.0 Å². The van der Waals surface area contributed by atoms with E-state index in [1.807, 2.05) is 0 Å². The molecule has 4 nitrogen and oxygen atoms in total. The zero-order valence-corrected chi connectivity index (χ0v) is 10.0. The van der Waals surface area contributed by atoms with Crippen molar-refractivity contribution in [2.24, 2.45) is 0 Å². The summed E-state index contributed by atoms with van der Waals surface area (Å²) >= 11 is 0. The van der Waals surface area contributed by atoms with Crippen LogP contribution in [0.1, 0.15) is 12.6 Å². The number of halogens is 2. The van der Waals surface area contributed by atoms with Crippen LogP contribution in [0.15, 0.2) is 30.3 Å². The number of nitrogens with two attached hydrogens (primary N) is 1. The second-order valence-corrected chi connectivity index (χ2v) is 3.95. The highest BCUT2D eigenvalue weighted by molar-refractivity contribution is 5.45. The van der Waals surface area contributed by atoms with Gasteiger partial charge >= 0.3 is 0 Å². The van der Waals surface area contributed by atoms with Crippen molar-refractivity contribution in [3.63, 3.8) is 0 Å². The van der Waals surface area contributed by atoms with Crippen LogP contribution in [0, 0.1) is 0 Å². The van der Waals surface area contributed by atoms with Crippen molar-refractivity contribution in [1.29, 1.82) is 0 Å². The van der Waals surface area contributed by atoms with Crippen molar-refractivity contribution in [1.82, 2.24) is 9.78 Å². The number of methoxy groups -OCH3 is 1. The maximum Gasteiger partial charge on any atom is 0.288 e. The summed E-state index contributed by atoms with van der Waals surface area (Å²) in [5.74, 6) is -2.17. The summed E-state index contributed by atoms with van der Waals surface area (Å²) in [6, 6.07) is 7.98. The van der Waals surface area contributed by atoms with Gasteiger partial charge in [-0.1, -0.05) is 0 Å². The molecule has 6 heteroatoms. The zero-order valence-electron chi connectivity index (χ0n) is 10.0. The van der Waals surface area contributed by atoms with E-state index in [0.29, 0.717) is 11.4 Å². The smallest absolute Gasteiger partial charge is 0.288 e. The van der Waals surface area contributed by atoms with E-state index in [1.54, 1.807) is 31.4 Å². The number of hydrogen-bond acceptors (Lipinski definition) is 3. The molecule has 18 heavy (non-hydrogen) atoms. The van der Waals surface area contributed by atoms with Gasteiger partial charge in [-0.05, 0) is 24.3 Å². The summed E-state index contributed by atoms with van der Waals surface area (Å²) in [5.41, 5.74) is 5.93. The molecule has 0 saturated heterocycles. The molecule has 1 heterocycles. The Morgan fingerprint density at radius 1 is 1.28 bits per heavy atom. The lowest BCUT2D eigenvalue weighted by molar-refractivity contribution is 0.0124. The Kier molecular flexibility index (Phi) is 2.94. The van der Waals surface area contributed by atoms with E-state index in [-0.39, 0.29) is 11.5 Å². The van der Waals surface area contributed by atoms with Gasteiger partial charge in [0, 0.05) is 13.0 Å². The molecule has 2 aromatic rings. The average Bonchev–Trinajstić information content (AvgIpc) is 2.71. The van der Waals surface area contributed by atoms with Gasteiger partial charge in [-0.25, -0.2) is 4.68 Å². The Hall–Kier alpha value is -2.11. The van der Waals surface area contributed by atoms with E-state index in [2.05, 4.69) is 5.10 Å². The summed E-state index contributed by atoms with van der Waals surface area (Å²) in [7, 11) is 1.55.